The molecule has 0 bridgehead atoms. The van der Waals surface area contributed by atoms with E-state index in [2.05, 4.69) is 10.9 Å². The number of ether oxygens (including phenoxy) is 3. The Bertz CT molecular complexity index is 789. The van der Waals surface area contributed by atoms with Gasteiger partial charge in [0, 0.05) is 11.1 Å². The van der Waals surface area contributed by atoms with Crippen LogP contribution in [0.3, 0.4) is 0 Å². The number of hydrogen-bond donors (Lipinski definition) is 2. The van der Waals surface area contributed by atoms with Gasteiger partial charge in [-0.2, -0.15) is 0 Å². The molecule has 0 spiro atoms. The van der Waals surface area contributed by atoms with Crippen LogP contribution < -0.4 is 25.1 Å². The molecule has 2 N–H and O–H groups in total. The Balaban J connectivity index is 1.95. The largest absolute Gasteiger partial charge is 0.493 e. The van der Waals surface area contributed by atoms with Crippen LogP contribution in [0, 0.1) is 0 Å². The third-order valence-corrected chi connectivity index (χ3v) is 3.96. The summed E-state index contributed by atoms with van der Waals surface area (Å²) in [6.45, 7) is 4.01. The van der Waals surface area contributed by atoms with E-state index in [1.165, 1.54) is 20.3 Å². The summed E-state index contributed by atoms with van der Waals surface area (Å²) in [5, 5.41) is 0. The van der Waals surface area contributed by atoms with E-state index in [-0.39, 0.29) is 6.10 Å². The van der Waals surface area contributed by atoms with Gasteiger partial charge in [-0.25, -0.2) is 0 Å². The summed E-state index contributed by atoms with van der Waals surface area (Å²) >= 11 is 0. The smallest absolute Gasteiger partial charge is 0.269 e. The SMILES string of the molecule is CCC(C)Oc1ccc(C(=O)NNC(=O)c2ccc(OC)c(OC)c2)cc1. The van der Waals surface area contributed by atoms with E-state index in [1.54, 1.807) is 36.4 Å². The van der Waals surface area contributed by atoms with E-state index < -0.39 is 11.8 Å². The molecule has 0 saturated heterocycles. The monoisotopic (exact) mass is 372 g/mol. The lowest BCUT2D eigenvalue weighted by Crippen LogP contribution is -2.41. The number of rotatable bonds is 7. The summed E-state index contributed by atoms with van der Waals surface area (Å²) in [5.74, 6) is 0.723. The fourth-order valence-electron chi connectivity index (χ4n) is 2.24. The molecule has 0 radical (unpaired) electrons. The van der Waals surface area contributed by atoms with Gasteiger partial charge in [-0.05, 0) is 55.8 Å². The maximum atomic E-state index is 12.2. The minimum atomic E-state index is -0.471. The zero-order chi connectivity index (χ0) is 19.8. The minimum absolute atomic E-state index is 0.102. The van der Waals surface area contributed by atoms with Crippen molar-refractivity contribution >= 4 is 11.8 Å². The lowest BCUT2D eigenvalue weighted by molar-refractivity contribution is 0.0846. The molecule has 2 rings (SSSR count). The maximum Gasteiger partial charge on any atom is 0.269 e. The molecule has 0 aromatic heterocycles. The number of hydrazine groups is 1. The minimum Gasteiger partial charge on any atom is -0.493 e. The lowest BCUT2D eigenvalue weighted by Gasteiger charge is -2.13. The average molecular weight is 372 g/mol. The number of carbonyl (C=O) groups is 2. The summed E-state index contributed by atoms with van der Waals surface area (Å²) in [4.78, 5) is 24.4. The van der Waals surface area contributed by atoms with Crippen LogP contribution >= 0.6 is 0 Å². The first-order valence-corrected chi connectivity index (χ1v) is 8.57. The number of nitrogens with one attached hydrogen (secondary N) is 2. The van der Waals surface area contributed by atoms with Crippen molar-refractivity contribution in [3.05, 3.63) is 53.6 Å². The standard InChI is InChI=1S/C20H24N2O5/c1-5-13(2)27-16-9-6-14(7-10-16)19(23)21-22-20(24)15-8-11-17(25-3)18(12-15)26-4/h6-13H,5H2,1-4H3,(H,21,23)(H,22,24). The molecule has 144 valence electrons. The second kappa shape index (κ2) is 9.47. The van der Waals surface area contributed by atoms with Gasteiger partial charge >= 0.3 is 0 Å². The highest BCUT2D eigenvalue weighted by atomic mass is 16.5. The molecule has 2 aromatic carbocycles. The van der Waals surface area contributed by atoms with Crippen molar-refractivity contribution in [2.24, 2.45) is 0 Å². The van der Waals surface area contributed by atoms with Gasteiger partial charge in [0.15, 0.2) is 11.5 Å². The third-order valence-electron chi connectivity index (χ3n) is 3.96. The molecule has 0 aliphatic carbocycles. The van der Waals surface area contributed by atoms with Gasteiger partial charge in [-0.15, -0.1) is 0 Å². The van der Waals surface area contributed by atoms with Crippen LogP contribution in [-0.2, 0) is 0 Å². The first-order valence-electron chi connectivity index (χ1n) is 8.57. The number of amides is 2. The number of benzene rings is 2. The average Bonchev–Trinajstić information content (AvgIpc) is 2.71. The van der Waals surface area contributed by atoms with E-state index in [0.717, 1.165) is 6.42 Å². The fraction of sp³-hybridized carbons (Fsp3) is 0.300. The first-order chi connectivity index (χ1) is 13.0. The summed E-state index contributed by atoms with van der Waals surface area (Å²) < 4.78 is 16.0. The highest BCUT2D eigenvalue weighted by Crippen LogP contribution is 2.27. The molecule has 7 heteroatoms. The van der Waals surface area contributed by atoms with Gasteiger partial charge in [0.1, 0.15) is 5.75 Å². The van der Waals surface area contributed by atoms with Gasteiger partial charge in [0.2, 0.25) is 0 Å². The Morgan fingerprint density at radius 3 is 2.00 bits per heavy atom. The normalized spacial score (nSPS) is 11.3. The molecule has 0 saturated carbocycles. The zero-order valence-corrected chi connectivity index (χ0v) is 15.9. The topological polar surface area (TPSA) is 85.9 Å². The van der Waals surface area contributed by atoms with Crippen molar-refractivity contribution in [2.45, 2.75) is 26.4 Å². The van der Waals surface area contributed by atoms with Crippen LogP contribution in [0.4, 0.5) is 0 Å². The van der Waals surface area contributed by atoms with Crippen molar-refractivity contribution < 1.29 is 23.8 Å². The van der Waals surface area contributed by atoms with E-state index in [9.17, 15) is 9.59 Å². The highest BCUT2D eigenvalue weighted by Gasteiger charge is 2.12. The molecule has 2 aromatic rings. The second-order valence-corrected chi connectivity index (χ2v) is 5.84. The molecule has 1 unspecified atom stereocenters. The van der Waals surface area contributed by atoms with E-state index in [1.807, 2.05) is 13.8 Å². The molecule has 0 fully saturated rings. The maximum absolute atomic E-state index is 12.2. The van der Waals surface area contributed by atoms with E-state index in [4.69, 9.17) is 14.2 Å². The Kier molecular flexibility index (Phi) is 7.05. The molecule has 7 nitrogen and oxygen atoms in total. The molecule has 0 heterocycles. The van der Waals surface area contributed by atoms with Crippen molar-refractivity contribution in [2.75, 3.05) is 14.2 Å². The number of carbonyl (C=O) groups excluding carboxylic acids is 2. The van der Waals surface area contributed by atoms with Crippen LogP contribution in [0.2, 0.25) is 0 Å². The van der Waals surface area contributed by atoms with Crippen LogP contribution in [0.1, 0.15) is 41.0 Å². The second-order valence-electron chi connectivity index (χ2n) is 5.84. The molecule has 2 amide bonds. The van der Waals surface area contributed by atoms with Crippen molar-refractivity contribution in [3.63, 3.8) is 0 Å². The predicted octanol–water partition coefficient (Wildman–Crippen LogP) is 2.96. The van der Waals surface area contributed by atoms with E-state index >= 15 is 0 Å². The summed E-state index contributed by atoms with van der Waals surface area (Å²) in [6, 6.07) is 11.4. The Labute approximate surface area is 158 Å². The van der Waals surface area contributed by atoms with Crippen LogP contribution in [0.5, 0.6) is 17.2 Å². The Hall–Kier alpha value is -3.22. The summed E-state index contributed by atoms with van der Waals surface area (Å²) in [5.41, 5.74) is 5.49. The molecule has 0 aliphatic rings. The van der Waals surface area contributed by atoms with Crippen LogP contribution in [0.25, 0.3) is 0 Å². The molecule has 0 aliphatic heterocycles. The molecular weight excluding hydrogens is 348 g/mol. The highest BCUT2D eigenvalue weighted by molar-refractivity contribution is 5.99. The molecule has 1 atom stereocenters. The van der Waals surface area contributed by atoms with Gasteiger partial charge in [0.05, 0.1) is 20.3 Å². The lowest BCUT2D eigenvalue weighted by atomic mass is 10.2. The van der Waals surface area contributed by atoms with Gasteiger partial charge in [-0.3, -0.25) is 20.4 Å². The fourth-order valence-corrected chi connectivity index (χ4v) is 2.24. The predicted molar refractivity (Wildman–Crippen MR) is 101 cm³/mol. The number of hydrogen-bond acceptors (Lipinski definition) is 5. The Morgan fingerprint density at radius 1 is 0.889 bits per heavy atom. The van der Waals surface area contributed by atoms with Gasteiger partial charge in [0.25, 0.3) is 11.8 Å². The zero-order valence-electron chi connectivity index (χ0n) is 15.9. The first kappa shape index (κ1) is 20.1. The third kappa shape index (κ3) is 5.37. The molecular formula is C20H24N2O5. The summed E-state index contributed by atoms with van der Waals surface area (Å²) in [7, 11) is 2.99. The quantitative estimate of drug-likeness (QED) is 0.730. The van der Waals surface area contributed by atoms with Crippen molar-refractivity contribution in [3.8, 4) is 17.2 Å². The molecule has 27 heavy (non-hydrogen) atoms. The van der Waals surface area contributed by atoms with Crippen LogP contribution in [0.15, 0.2) is 42.5 Å². The van der Waals surface area contributed by atoms with Gasteiger partial charge < -0.3 is 14.2 Å². The van der Waals surface area contributed by atoms with Crippen LogP contribution in [-0.4, -0.2) is 32.1 Å². The van der Waals surface area contributed by atoms with Crippen molar-refractivity contribution in [1.82, 2.24) is 10.9 Å². The number of methoxy groups -OCH3 is 2. The van der Waals surface area contributed by atoms with E-state index in [0.29, 0.717) is 28.4 Å². The van der Waals surface area contributed by atoms with Crippen molar-refractivity contribution in [1.29, 1.82) is 0 Å². The van der Waals surface area contributed by atoms with Gasteiger partial charge in [-0.1, -0.05) is 6.92 Å². The Morgan fingerprint density at radius 2 is 1.44 bits per heavy atom. The summed E-state index contributed by atoms with van der Waals surface area (Å²) in [6.07, 6.45) is 0.996.